The molecule has 0 saturated carbocycles. The van der Waals surface area contributed by atoms with Crippen molar-refractivity contribution in [3.05, 3.63) is 103 Å². The number of halogens is 4. The summed E-state index contributed by atoms with van der Waals surface area (Å²) in [7, 11) is 0. The van der Waals surface area contributed by atoms with Gasteiger partial charge in [-0.25, -0.2) is 0 Å². The Morgan fingerprint density at radius 3 is 2.51 bits per heavy atom. The Morgan fingerprint density at radius 1 is 1.07 bits per heavy atom. The zero-order valence-electron chi connectivity index (χ0n) is 23.0. The van der Waals surface area contributed by atoms with Crippen LogP contribution in [0.3, 0.4) is 0 Å². The van der Waals surface area contributed by atoms with Gasteiger partial charge in [-0.15, -0.1) is 10.2 Å². The van der Waals surface area contributed by atoms with E-state index in [1.54, 1.807) is 4.57 Å². The molecule has 4 aromatic rings. The van der Waals surface area contributed by atoms with E-state index in [-0.39, 0.29) is 45.0 Å². The third-order valence-corrected chi connectivity index (χ3v) is 7.62. The fraction of sp³-hybridized carbons (Fsp3) is 0.214. The molecule has 2 N–H and O–H groups in total. The summed E-state index contributed by atoms with van der Waals surface area (Å²) >= 11 is 6.99. The maximum Gasteiger partial charge on any atom is 0.416 e. The molecule has 1 heterocycles. The van der Waals surface area contributed by atoms with Gasteiger partial charge in [0, 0.05) is 17.2 Å². The van der Waals surface area contributed by atoms with E-state index in [9.17, 15) is 32.9 Å². The lowest BCUT2D eigenvalue weighted by Crippen LogP contribution is -2.25. The summed E-state index contributed by atoms with van der Waals surface area (Å²) in [6.45, 7) is 5.13. The summed E-state index contributed by atoms with van der Waals surface area (Å²) in [6, 6.07) is 12.5. The van der Waals surface area contributed by atoms with Gasteiger partial charge in [-0.3, -0.25) is 24.3 Å². The van der Waals surface area contributed by atoms with E-state index in [2.05, 4.69) is 20.8 Å². The zero-order chi connectivity index (χ0) is 31.5. The molecule has 0 aliphatic rings. The molecule has 15 heteroatoms. The van der Waals surface area contributed by atoms with Crippen LogP contribution >= 0.6 is 23.4 Å². The van der Waals surface area contributed by atoms with E-state index >= 15 is 0 Å². The highest BCUT2D eigenvalue weighted by atomic mass is 35.5. The normalized spacial score (nSPS) is 11.3. The van der Waals surface area contributed by atoms with Crippen molar-refractivity contribution in [2.24, 2.45) is 0 Å². The topological polar surface area (TPSA) is 132 Å². The third kappa shape index (κ3) is 7.32. The Hall–Kier alpha value is -4.43. The van der Waals surface area contributed by atoms with Crippen LogP contribution in [0.5, 0.6) is 0 Å². The first-order chi connectivity index (χ1) is 20.3. The molecule has 2 amide bonds. The molecule has 224 valence electrons. The molecule has 0 spiro atoms. The molecule has 0 aliphatic carbocycles. The molecule has 4 rings (SSSR count). The number of rotatable bonds is 9. The number of alkyl halides is 3. The Labute approximate surface area is 252 Å². The lowest BCUT2D eigenvalue weighted by atomic mass is 10.1. The molecule has 0 bridgehead atoms. The van der Waals surface area contributed by atoms with Crippen LogP contribution in [0.25, 0.3) is 5.69 Å². The first-order valence-corrected chi connectivity index (χ1v) is 14.0. The van der Waals surface area contributed by atoms with E-state index in [1.165, 1.54) is 25.1 Å². The lowest BCUT2D eigenvalue weighted by molar-refractivity contribution is -0.385. The minimum atomic E-state index is -4.61. The van der Waals surface area contributed by atoms with E-state index in [0.29, 0.717) is 11.5 Å². The van der Waals surface area contributed by atoms with Crippen molar-refractivity contribution in [2.75, 3.05) is 11.1 Å². The van der Waals surface area contributed by atoms with Crippen molar-refractivity contribution in [1.82, 2.24) is 20.1 Å². The van der Waals surface area contributed by atoms with Crippen molar-refractivity contribution in [3.63, 3.8) is 0 Å². The maximum atomic E-state index is 13.1. The number of nitrogens with zero attached hydrogens (tertiary/aromatic N) is 4. The van der Waals surface area contributed by atoms with Gasteiger partial charge in [-0.05, 0) is 62.2 Å². The highest BCUT2D eigenvalue weighted by Crippen LogP contribution is 2.34. The molecule has 0 atom stereocenters. The van der Waals surface area contributed by atoms with Crippen LogP contribution in [-0.2, 0) is 17.5 Å². The van der Waals surface area contributed by atoms with Crippen LogP contribution in [0.4, 0.5) is 24.5 Å². The molecule has 1 aromatic heterocycles. The summed E-state index contributed by atoms with van der Waals surface area (Å²) in [5, 5.41) is 25.0. The van der Waals surface area contributed by atoms with Gasteiger partial charge in [-0.1, -0.05) is 41.6 Å². The number of aryl methyl sites for hydroxylation is 2. The third-order valence-electron chi connectivity index (χ3n) is 6.36. The van der Waals surface area contributed by atoms with Gasteiger partial charge in [-0.2, -0.15) is 13.2 Å². The van der Waals surface area contributed by atoms with Gasteiger partial charge in [0.05, 0.1) is 39.2 Å². The number of thioether (sulfide) groups is 1. The number of carbonyl (C=O) groups is 2. The number of hydrogen-bond donors (Lipinski definition) is 2. The summed E-state index contributed by atoms with van der Waals surface area (Å²) in [5.74, 6) is -1.11. The number of hydrogen-bond acceptors (Lipinski definition) is 7. The molecular weight excluding hydrogens is 609 g/mol. The number of carbonyl (C=O) groups excluding carboxylic acids is 2. The smallest absolute Gasteiger partial charge is 0.345 e. The Balaban J connectivity index is 1.57. The second kappa shape index (κ2) is 12.8. The summed E-state index contributed by atoms with van der Waals surface area (Å²) in [4.78, 5) is 36.4. The van der Waals surface area contributed by atoms with Crippen LogP contribution < -0.4 is 10.6 Å². The van der Waals surface area contributed by atoms with Crippen molar-refractivity contribution >= 4 is 46.6 Å². The van der Waals surface area contributed by atoms with Gasteiger partial charge in [0.1, 0.15) is 0 Å². The minimum Gasteiger partial charge on any atom is -0.345 e. The Bertz CT molecular complexity index is 1730. The number of anilines is 1. The lowest BCUT2D eigenvalue weighted by Gasteiger charge is -2.15. The Kier molecular flexibility index (Phi) is 9.40. The number of nitro groups is 1. The number of nitrogens with one attached hydrogen (secondary N) is 2. The number of amides is 2. The average molecular weight is 633 g/mol. The van der Waals surface area contributed by atoms with Gasteiger partial charge >= 0.3 is 6.18 Å². The van der Waals surface area contributed by atoms with E-state index in [4.69, 9.17) is 11.6 Å². The molecule has 0 fully saturated rings. The first kappa shape index (κ1) is 31.5. The molecule has 10 nitrogen and oxygen atoms in total. The quantitative estimate of drug-likeness (QED) is 0.123. The first-order valence-electron chi connectivity index (χ1n) is 12.6. The second-order valence-electron chi connectivity index (χ2n) is 9.44. The van der Waals surface area contributed by atoms with Gasteiger partial charge in [0.15, 0.2) is 11.0 Å². The molecular formula is C28H24ClF3N6O4S. The highest BCUT2D eigenvalue weighted by Gasteiger charge is 2.31. The monoisotopic (exact) mass is 632 g/mol. The highest BCUT2D eigenvalue weighted by molar-refractivity contribution is 7.99. The summed E-state index contributed by atoms with van der Waals surface area (Å²) < 4.78 is 41.0. The largest absolute Gasteiger partial charge is 0.416 e. The van der Waals surface area contributed by atoms with Crippen molar-refractivity contribution in [1.29, 1.82) is 0 Å². The standard InChI is InChI=1S/C28H24ClF3N6O4S/c1-15-7-8-16(2)23(11-15)37-24(13-33-26(40)19-5-4-6-22(17(19)3)38(41)42)35-36-27(37)43-14-25(39)34-21-12-18(28(30,31)32)9-10-20(21)29/h4-12H,13-14H2,1-3H3,(H,33,40)(H,34,39). The average Bonchev–Trinajstić information content (AvgIpc) is 3.34. The van der Waals surface area contributed by atoms with E-state index < -0.39 is 28.5 Å². The van der Waals surface area contributed by atoms with Gasteiger partial charge < -0.3 is 10.6 Å². The van der Waals surface area contributed by atoms with Crippen LogP contribution in [0, 0.1) is 30.9 Å². The van der Waals surface area contributed by atoms with Gasteiger partial charge in [0.25, 0.3) is 11.6 Å². The van der Waals surface area contributed by atoms with Crippen LogP contribution in [0.2, 0.25) is 5.02 Å². The number of benzene rings is 3. The number of aromatic nitrogens is 3. The molecule has 0 saturated heterocycles. The predicted octanol–water partition coefficient (Wildman–Crippen LogP) is 6.43. The minimum absolute atomic E-state index is 0.0538. The maximum absolute atomic E-state index is 13.1. The van der Waals surface area contributed by atoms with Crippen molar-refractivity contribution in [2.45, 2.75) is 38.6 Å². The molecule has 0 radical (unpaired) electrons. The molecule has 43 heavy (non-hydrogen) atoms. The van der Waals surface area contributed by atoms with E-state index in [1.807, 2.05) is 32.0 Å². The van der Waals surface area contributed by atoms with E-state index in [0.717, 1.165) is 41.1 Å². The fourth-order valence-corrected chi connectivity index (χ4v) is 5.07. The van der Waals surface area contributed by atoms with Crippen molar-refractivity contribution in [3.8, 4) is 5.69 Å². The fourth-order valence-electron chi connectivity index (χ4n) is 4.15. The molecule has 3 aromatic carbocycles. The zero-order valence-corrected chi connectivity index (χ0v) is 24.5. The van der Waals surface area contributed by atoms with Crippen LogP contribution in [0.15, 0.2) is 59.8 Å². The van der Waals surface area contributed by atoms with Gasteiger partial charge in [0.2, 0.25) is 5.91 Å². The SMILES string of the molecule is Cc1ccc(C)c(-n2c(CNC(=O)c3cccc([N+](=O)[O-])c3C)nnc2SCC(=O)Nc2cc(C(F)(F)F)ccc2Cl)c1. The summed E-state index contributed by atoms with van der Waals surface area (Å²) in [5.41, 5.74) is 1.47. The van der Waals surface area contributed by atoms with Crippen molar-refractivity contribution < 1.29 is 27.7 Å². The second-order valence-corrected chi connectivity index (χ2v) is 10.8. The summed E-state index contributed by atoms with van der Waals surface area (Å²) in [6.07, 6.45) is -4.61. The predicted molar refractivity (Wildman–Crippen MR) is 156 cm³/mol. The van der Waals surface area contributed by atoms with Crippen LogP contribution in [-0.4, -0.2) is 37.3 Å². The van der Waals surface area contributed by atoms with Crippen LogP contribution in [0.1, 0.15) is 38.4 Å². The number of nitro benzene ring substituents is 1. The molecule has 0 unspecified atom stereocenters. The molecule has 0 aliphatic heterocycles. The Morgan fingerprint density at radius 2 is 1.81 bits per heavy atom.